The SMILES string of the molecule is Cc1nn(C)c2c1nc(CCl)n2C(C)CC(N)=O. The number of fused-ring (bicyclic) bond motifs is 1. The second kappa shape index (κ2) is 4.61. The number of primary amides is 1. The van der Waals surface area contributed by atoms with Crippen molar-refractivity contribution in [2.45, 2.75) is 32.2 Å². The molecule has 2 rings (SSSR count). The summed E-state index contributed by atoms with van der Waals surface area (Å²) < 4.78 is 3.69. The first-order valence-corrected chi connectivity index (χ1v) is 6.23. The van der Waals surface area contributed by atoms with Crippen molar-refractivity contribution in [2.75, 3.05) is 0 Å². The van der Waals surface area contributed by atoms with Crippen LogP contribution in [0.5, 0.6) is 0 Å². The molecule has 1 amide bonds. The van der Waals surface area contributed by atoms with E-state index in [9.17, 15) is 4.79 Å². The number of hydrogen-bond acceptors (Lipinski definition) is 3. The number of nitrogens with two attached hydrogens (primary N) is 1. The Hall–Kier alpha value is -1.56. The van der Waals surface area contributed by atoms with Crippen molar-refractivity contribution in [1.29, 1.82) is 0 Å². The standard InChI is InChI=1S/C11H16ClN5O/c1-6(4-8(13)18)17-9(5-12)14-10-7(2)15-16(3)11(10)17/h6H,4-5H2,1-3H3,(H2,13,18). The van der Waals surface area contributed by atoms with E-state index in [1.807, 2.05) is 25.5 Å². The van der Waals surface area contributed by atoms with Crippen molar-refractivity contribution in [3.05, 3.63) is 11.5 Å². The molecule has 0 aliphatic rings. The van der Waals surface area contributed by atoms with Crippen LogP contribution in [0, 0.1) is 6.92 Å². The number of halogens is 1. The van der Waals surface area contributed by atoms with Crippen molar-refractivity contribution in [2.24, 2.45) is 12.8 Å². The third kappa shape index (κ3) is 1.96. The summed E-state index contributed by atoms with van der Waals surface area (Å²) in [7, 11) is 1.85. The van der Waals surface area contributed by atoms with E-state index in [1.54, 1.807) is 4.68 Å². The van der Waals surface area contributed by atoms with Gasteiger partial charge in [-0.25, -0.2) is 4.98 Å². The molecule has 1 atom stereocenters. The Labute approximate surface area is 110 Å². The molecule has 2 aromatic heterocycles. The Kier molecular flexibility index (Phi) is 3.30. The summed E-state index contributed by atoms with van der Waals surface area (Å²) in [5.74, 6) is 0.678. The molecule has 0 fully saturated rings. The number of aryl methyl sites for hydroxylation is 2. The van der Waals surface area contributed by atoms with E-state index in [1.165, 1.54) is 0 Å². The second-order valence-corrected chi connectivity index (χ2v) is 4.70. The number of amides is 1. The number of carbonyl (C=O) groups is 1. The molecule has 0 saturated heterocycles. The number of alkyl halides is 1. The highest BCUT2D eigenvalue weighted by Gasteiger charge is 2.21. The normalized spacial score (nSPS) is 13.1. The minimum atomic E-state index is -0.344. The van der Waals surface area contributed by atoms with Crippen LogP contribution >= 0.6 is 11.6 Å². The van der Waals surface area contributed by atoms with Gasteiger partial charge in [-0.15, -0.1) is 11.6 Å². The van der Waals surface area contributed by atoms with Gasteiger partial charge >= 0.3 is 0 Å². The van der Waals surface area contributed by atoms with E-state index in [4.69, 9.17) is 17.3 Å². The number of carbonyl (C=O) groups excluding carboxylic acids is 1. The Morgan fingerprint density at radius 3 is 2.78 bits per heavy atom. The average Bonchev–Trinajstić information content (AvgIpc) is 2.77. The molecule has 2 aromatic rings. The topological polar surface area (TPSA) is 78.7 Å². The van der Waals surface area contributed by atoms with Crippen molar-refractivity contribution in [1.82, 2.24) is 19.3 Å². The molecule has 7 heteroatoms. The highest BCUT2D eigenvalue weighted by atomic mass is 35.5. The van der Waals surface area contributed by atoms with Crippen LogP contribution in [0.2, 0.25) is 0 Å². The first-order chi connectivity index (χ1) is 8.45. The molecule has 0 aliphatic heterocycles. The largest absolute Gasteiger partial charge is 0.370 e. The van der Waals surface area contributed by atoms with Gasteiger partial charge < -0.3 is 10.3 Å². The predicted molar refractivity (Wildman–Crippen MR) is 69.3 cm³/mol. The van der Waals surface area contributed by atoms with Gasteiger partial charge in [-0.2, -0.15) is 5.10 Å². The smallest absolute Gasteiger partial charge is 0.219 e. The van der Waals surface area contributed by atoms with Gasteiger partial charge in [-0.3, -0.25) is 9.48 Å². The monoisotopic (exact) mass is 269 g/mol. The molecule has 6 nitrogen and oxygen atoms in total. The Balaban J connectivity index is 2.62. The molecule has 0 radical (unpaired) electrons. The Morgan fingerprint density at radius 1 is 1.56 bits per heavy atom. The van der Waals surface area contributed by atoms with Crippen LogP contribution in [0.1, 0.15) is 30.9 Å². The summed E-state index contributed by atoms with van der Waals surface area (Å²) in [5.41, 5.74) is 7.80. The maximum Gasteiger partial charge on any atom is 0.219 e. The van der Waals surface area contributed by atoms with Gasteiger partial charge in [0.2, 0.25) is 5.91 Å². The van der Waals surface area contributed by atoms with Gasteiger partial charge in [0, 0.05) is 19.5 Å². The molecule has 18 heavy (non-hydrogen) atoms. The molecule has 0 aliphatic carbocycles. The van der Waals surface area contributed by atoms with E-state index in [2.05, 4.69) is 10.1 Å². The molecule has 0 bridgehead atoms. The maximum atomic E-state index is 11.1. The van der Waals surface area contributed by atoms with Gasteiger partial charge in [0.1, 0.15) is 11.3 Å². The van der Waals surface area contributed by atoms with Crippen LogP contribution in [0.15, 0.2) is 0 Å². The molecule has 98 valence electrons. The maximum absolute atomic E-state index is 11.1. The molecular formula is C11H16ClN5O. The number of aromatic nitrogens is 4. The van der Waals surface area contributed by atoms with Gasteiger partial charge in [0.15, 0.2) is 5.65 Å². The third-order valence-corrected chi connectivity index (χ3v) is 3.20. The molecule has 1 unspecified atom stereocenters. The van der Waals surface area contributed by atoms with Gasteiger partial charge in [0.25, 0.3) is 0 Å². The molecule has 0 saturated carbocycles. The highest BCUT2D eigenvalue weighted by molar-refractivity contribution is 6.16. The van der Waals surface area contributed by atoms with E-state index in [0.29, 0.717) is 0 Å². The van der Waals surface area contributed by atoms with Crippen molar-refractivity contribution in [3.63, 3.8) is 0 Å². The number of nitrogens with zero attached hydrogens (tertiary/aromatic N) is 4. The van der Waals surface area contributed by atoms with Crippen LogP contribution in [0.4, 0.5) is 0 Å². The lowest BCUT2D eigenvalue weighted by Gasteiger charge is -2.15. The molecule has 2 heterocycles. The van der Waals surface area contributed by atoms with Gasteiger partial charge in [0.05, 0.1) is 11.6 Å². The van der Waals surface area contributed by atoms with E-state index >= 15 is 0 Å². The zero-order chi connectivity index (χ0) is 13.4. The van der Waals surface area contributed by atoms with Gasteiger partial charge in [-0.1, -0.05) is 0 Å². The summed E-state index contributed by atoms with van der Waals surface area (Å²) in [6.45, 7) is 3.82. The van der Waals surface area contributed by atoms with Gasteiger partial charge in [-0.05, 0) is 13.8 Å². The highest BCUT2D eigenvalue weighted by Crippen LogP contribution is 2.25. The van der Waals surface area contributed by atoms with E-state index < -0.39 is 0 Å². The Morgan fingerprint density at radius 2 is 2.22 bits per heavy atom. The fourth-order valence-corrected chi connectivity index (χ4v) is 2.47. The fourth-order valence-electron chi connectivity index (χ4n) is 2.28. The van der Waals surface area contributed by atoms with E-state index in [0.717, 1.165) is 22.7 Å². The number of rotatable bonds is 4. The second-order valence-electron chi connectivity index (χ2n) is 4.43. The summed E-state index contributed by atoms with van der Waals surface area (Å²) >= 11 is 5.92. The molecular weight excluding hydrogens is 254 g/mol. The predicted octanol–water partition coefficient (Wildman–Crippen LogP) is 1.25. The average molecular weight is 270 g/mol. The van der Waals surface area contributed by atoms with Crippen molar-refractivity contribution in [3.8, 4) is 0 Å². The summed E-state index contributed by atoms with van der Waals surface area (Å²) in [5, 5.41) is 4.32. The molecule has 2 N–H and O–H groups in total. The molecule has 0 spiro atoms. The summed E-state index contributed by atoms with van der Waals surface area (Å²) in [6.07, 6.45) is 0.250. The summed E-state index contributed by atoms with van der Waals surface area (Å²) in [6, 6.07) is -0.0870. The number of hydrogen-bond donors (Lipinski definition) is 1. The minimum Gasteiger partial charge on any atom is -0.370 e. The molecule has 0 aromatic carbocycles. The minimum absolute atomic E-state index is 0.0870. The van der Waals surface area contributed by atoms with Crippen LogP contribution < -0.4 is 5.73 Å². The zero-order valence-electron chi connectivity index (χ0n) is 10.6. The van der Waals surface area contributed by atoms with E-state index in [-0.39, 0.29) is 24.2 Å². The third-order valence-electron chi connectivity index (χ3n) is 2.97. The van der Waals surface area contributed by atoms with Crippen LogP contribution in [-0.2, 0) is 17.7 Å². The Bertz CT molecular complexity index is 600. The number of imidazole rings is 1. The quantitative estimate of drug-likeness (QED) is 0.849. The van der Waals surface area contributed by atoms with Crippen LogP contribution in [0.3, 0.4) is 0 Å². The van der Waals surface area contributed by atoms with Crippen LogP contribution in [0.25, 0.3) is 11.2 Å². The van der Waals surface area contributed by atoms with Crippen molar-refractivity contribution < 1.29 is 4.79 Å². The first-order valence-electron chi connectivity index (χ1n) is 5.70. The van der Waals surface area contributed by atoms with Crippen LogP contribution in [-0.4, -0.2) is 25.2 Å². The lowest BCUT2D eigenvalue weighted by Crippen LogP contribution is -2.19. The zero-order valence-corrected chi connectivity index (χ0v) is 11.4. The first kappa shape index (κ1) is 12.9. The lowest BCUT2D eigenvalue weighted by molar-refractivity contribution is -0.118. The van der Waals surface area contributed by atoms with Crippen molar-refractivity contribution >= 4 is 28.7 Å². The lowest BCUT2D eigenvalue weighted by atomic mass is 10.2. The summed E-state index contributed by atoms with van der Waals surface area (Å²) in [4.78, 5) is 15.5. The fraction of sp³-hybridized carbons (Fsp3) is 0.545.